The van der Waals surface area contributed by atoms with Crippen molar-refractivity contribution in [1.82, 2.24) is 10.3 Å². The summed E-state index contributed by atoms with van der Waals surface area (Å²) in [5, 5.41) is 5.77. The smallest absolute Gasteiger partial charge is 0.251 e. The van der Waals surface area contributed by atoms with Crippen LogP contribution in [0.15, 0.2) is 42.6 Å². The van der Waals surface area contributed by atoms with Crippen molar-refractivity contribution in [3.63, 3.8) is 0 Å². The molecule has 0 bridgehead atoms. The third kappa shape index (κ3) is 3.47. The van der Waals surface area contributed by atoms with Crippen LogP contribution in [0.4, 0.5) is 5.82 Å². The van der Waals surface area contributed by atoms with Gasteiger partial charge in [-0.05, 0) is 29.8 Å². The lowest BCUT2D eigenvalue weighted by Crippen LogP contribution is -2.22. The fourth-order valence-corrected chi connectivity index (χ4v) is 1.78. The van der Waals surface area contributed by atoms with Crippen molar-refractivity contribution < 1.29 is 9.53 Å². The number of carbonyl (C=O) groups excluding carboxylic acids is 1. The molecule has 5 heteroatoms. The van der Waals surface area contributed by atoms with E-state index in [9.17, 15) is 4.79 Å². The third-order valence-electron chi connectivity index (χ3n) is 2.87. The van der Waals surface area contributed by atoms with E-state index in [0.717, 1.165) is 11.3 Å². The molecule has 0 saturated heterocycles. The number of hydrogen-bond donors (Lipinski definition) is 2. The predicted octanol–water partition coefficient (Wildman–Crippen LogP) is 2.06. The van der Waals surface area contributed by atoms with Crippen LogP contribution >= 0.6 is 0 Å². The van der Waals surface area contributed by atoms with Crippen molar-refractivity contribution in [3.8, 4) is 5.75 Å². The first-order valence-electron chi connectivity index (χ1n) is 6.28. The van der Waals surface area contributed by atoms with Crippen LogP contribution in [0, 0.1) is 0 Å². The maximum absolute atomic E-state index is 12.0. The molecule has 0 aliphatic carbocycles. The lowest BCUT2D eigenvalue weighted by Gasteiger charge is -2.07. The molecule has 1 aromatic carbocycles. The van der Waals surface area contributed by atoms with Gasteiger partial charge in [0.25, 0.3) is 5.91 Å². The number of amides is 1. The predicted molar refractivity (Wildman–Crippen MR) is 77.9 cm³/mol. The summed E-state index contributed by atoms with van der Waals surface area (Å²) in [5.41, 5.74) is 1.56. The fraction of sp³-hybridized carbons (Fsp3) is 0.200. The Morgan fingerprint density at radius 1 is 1.30 bits per heavy atom. The van der Waals surface area contributed by atoms with Gasteiger partial charge in [0.15, 0.2) is 0 Å². The largest absolute Gasteiger partial charge is 0.497 e. The summed E-state index contributed by atoms with van der Waals surface area (Å²) in [5.74, 6) is 1.31. The van der Waals surface area contributed by atoms with Gasteiger partial charge in [0, 0.05) is 25.4 Å². The van der Waals surface area contributed by atoms with Crippen LogP contribution in [0.1, 0.15) is 15.9 Å². The summed E-state index contributed by atoms with van der Waals surface area (Å²) >= 11 is 0. The molecule has 104 valence electrons. The van der Waals surface area contributed by atoms with Gasteiger partial charge in [-0.15, -0.1) is 0 Å². The molecule has 5 nitrogen and oxygen atoms in total. The summed E-state index contributed by atoms with van der Waals surface area (Å²) < 4.78 is 5.15. The zero-order valence-corrected chi connectivity index (χ0v) is 11.5. The maximum atomic E-state index is 12.0. The number of nitrogens with zero attached hydrogens (tertiary/aromatic N) is 1. The highest BCUT2D eigenvalue weighted by Gasteiger charge is 2.06. The van der Waals surface area contributed by atoms with Gasteiger partial charge in [-0.3, -0.25) is 4.79 Å². The fourth-order valence-electron chi connectivity index (χ4n) is 1.78. The molecule has 0 aliphatic rings. The van der Waals surface area contributed by atoms with Crippen molar-refractivity contribution in [1.29, 1.82) is 0 Å². The average molecular weight is 271 g/mol. The van der Waals surface area contributed by atoms with E-state index in [4.69, 9.17) is 4.74 Å². The summed E-state index contributed by atoms with van der Waals surface area (Å²) in [7, 11) is 3.38. The van der Waals surface area contributed by atoms with Gasteiger partial charge in [-0.2, -0.15) is 0 Å². The lowest BCUT2D eigenvalue weighted by atomic mass is 10.2. The van der Waals surface area contributed by atoms with Gasteiger partial charge >= 0.3 is 0 Å². The van der Waals surface area contributed by atoms with E-state index >= 15 is 0 Å². The SMILES string of the molecule is CNc1cc(C(=O)NCc2cccc(OC)c2)ccn1. The van der Waals surface area contributed by atoms with E-state index in [2.05, 4.69) is 15.6 Å². The molecule has 2 aromatic rings. The number of anilines is 1. The molecule has 0 atom stereocenters. The molecule has 2 rings (SSSR count). The number of ether oxygens (including phenoxy) is 1. The van der Waals surface area contributed by atoms with Gasteiger partial charge in [0.2, 0.25) is 0 Å². The lowest BCUT2D eigenvalue weighted by molar-refractivity contribution is 0.0951. The number of benzene rings is 1. The number of aromatic nitrogens is 1. The second-order valence-corrected chi connectivity index (χ2v) is 4.21. The van der Waals surface area contributed by atoms with Crippen LogP contribution in [0.5, 0.6) is 5.75 Å². The van der Waals surface area contributed by atoms with E-state index in [0.29, 0.717) is 17.9 Å². The highest BCUT2D eigenvalue weighted by atomic mass is 16.5. The number of methoxy groups -OCH3 is 1. The molecule has 1 amide bonds. The monoisotopic (exact) mass is 271 g/mol. The van der Waals surface area contributed by atoms with Crippen molar-refractivity contribution >= 4 is 11.7 Å². The summed E-state index contributed by atoms with van der Waals surface area (Å²) in [4.78, 5) is 16.1. The summed E-state index contributed by atoms with van der Waals surface area (Å²) in [6.07, 6.45) is 1.60. The maximum Gasteiger partial charge on any atom is 0.251 e. The molecule has 0 saturated carbocycles. The van der Waals surface area contributed by atoms with Crippen LogP contribution in [-0.4, -0.2) is 25.0 Å². The Hall–Kier alpha value is -2.56. The van der Waals surface area contributed by atoms with E-state index in [1.165, 1.54) is 0 Å². The van der Waals surface area contributed by atoms with E-state index in [1.54, 1.807) is 32.5 Å². The Kier molecular flexibility index (Phi) is 4.55. The van der Waals surface area contributed by atoms with Gasteiger partial charge < -0.3 is 15.4 Å². The summed E-state index contributed by atoms with van der Waals surface area (Å²) in [6, 6.07) is 11.0. The zero-order valence-electron chi connectivity index (χ0n) is 11.5. The Morgan fingerprint density at radius 2 is 2.15 bits per heavy atom. The van der Waals surface area contributed by atoms with Crippen LogP contribution in [0.25, 0.3) is 0 Å². The molecule has 0 spiro atoms. The average Bonchev–Trinajstić information content (AvgIpc) is 2.52. The van der Waals surface area contributed by atoms with Crippen molar-refractivity contribution in [2.24, 2.45) is 0 Å². The third-order valence-corrected chi connectivity index (χ3v) is 2.87. The van der Waals surface area contributed by atoms with Crippen molar-refractivity contribution in [2.45, 2.75) is 6.54 Å². The van der Waals surface area contributed by atoms with Crippen molar-refractivity contribution in [3.05, 3.63) is 53.7 Å². The van der Waals surface area contributed by atoms with Gasteiger partial charge in [0.1, 0.15) is 11.6 Å². The number of hydrogen-bond acceptors (Lipinski definition) is 4. The molecule has 0 fully saturated rings. The minimum atomic E-state index is -0.133. The van der Waals surface area contributed by atoms with Gasteiger partial charge in [0.05, 0.1) is 7.11 Å². The Morgan fingerprint density at radius 3 is 2.90 bits per heavy atom. The molecule has 0 radical (unpaired) electrons. The molecule has 1 aromatic heterocycles. The Labute approximate surface area is 118 Å². The van der Waals surface area contributed by atoms with E-state index in [-0.39, 0.29) is 5.91 Å². The minimum Gasteiger partial charge on any atom is -0.497 e. The number of pyridine rings is 1. The second kappa shape index (κ2) is 6.56. The topological polar surface area (TPSA) is 63.2 Å². The highest BCUT2D eigenvalue weighted by molar-refractivity contribution is 5.94. The molecule has 0 unspecified atom stereocenters. The molecule has 1 heterocycles. The molecule has 20 heavy (non-hydrogen) atoms. The van der Waals surface area contributed by atoms with Crippen LogP contribution in [0.3, 0.4) is 0 Å². The first-order chi connectivity index (χ1) is 9.72. The molecule has 0 aliphatic heterocycles. The first-order valence-corrected chi connectivity index (χ1v) is 6.28. The van der Waals surface area contributed by atoms with Crippen LogP contribution in [-0.2, 0) is 6.54 Å². The summed E-state index contributed by atoms with van der Waals surface area (Å²) in [6.45, 7) is 0.452. The van der Waals surface area contributed by atoms with E-state index < -0.39 is 0 Å². The molecular weight excluding hydrogens is 254 g/mol. The standard InChI is InChI=1S/C15H17N3O2/c1-16-14-9-12(6-7-17-14)15(19)18-10-11-4-3-5-13(8-11)20-2/h3-9H,10H2,1-2H3,(H,16,17)(H,18,19). The highest BCUT2D eigenvalue weighted by Crippen LogP contribution is 2.12. The molecule has 2 N–H and O–H groups in total. The first kappa shape index (κ1) is 13.9. The second-order valence-electron chi connectivity index (χ2n) is 4.21. The quantitative estimate of drug-likeness (QED) is 0.873. The Bertz CT molecular complexity index is 599. The zero-order chi connectivity index (χ0) is 14.4. The number of rotatable bonds is 5. The normalized spacial score (nSPS) is 9.90. The van der Waals surface area contributed by atoms with Gasteiger partial charge in [-0.1, -0.05) is 12.1 Å². The van der Waals surface area contributed by atoms with E-state index in [1.807, 2.05) is 24.3 Å². The minimum absolute atomic E-state index is 0.133. The van der Waals surface area contributed by atoms with Gasteiger partial charge in [-0.25, -0.2) is 4.98 Å². The number of nitrogens with one attached hydrogen (secondary N) is 2. The number of carbonyl (C=O) groups is 1. The molecular formula is C15H17N3O2. The van der Waals surface area contributed by atoms with Crippen molar-refractivity contribution in [2.75, 3.05) is 19.5 Å². The van der Waals surface area contributed by atoms with Crippen LogP contribution < -0.4 is 15.4 Å². The Balaban J connectivity index is 2.00. The van der Waals surface area contributed by atoms with Crippen LogP contribution in [0.2, 0.25) is 0 Å².